The summed E-state index contributed by atoms with van der Waals surface area (Å²) in [5.41, 5.74) is 6.67. The lowest BCUT2D eigenvalue weighted by molar-refractivity contribution is -0.991. The Balaban J connectivity index is 1.95. The van der Waals surface area contributed by atoms with Gasteiger partial charge >= 0.3 is 0 Å². The third-order valence-electron chi connectivity index (χ3n) is 3.59. The molecule has 126 valence electrons. The number of nitrogens with one attached hydrogen (secondary N) is 2. The Labute approximate surface area is 153 Å². The second-order valence-electron chi connectivity index (χ2n) is 5.33. The molecule has 6 heteroatoms. The van der Waals surface area contributed by atoms with Crippen LogP contribution in [-0.4, -0.2) is 10.9 Å². The Hall–Kier alpha value is -2.51. The fourth-order valence-electron chi connectivity index (χ4n) is 2.31. The molecule has 0 heterocycles. The Bertz CT molecular complexity index is 848. The molecule has 3 N–H and O–H groups in total. The van der Waals surface area contributed by atoms with Crippen LogP contribution in [0.3, 0.4) is 0 Å². The number of rotatable bonds is 5. The van der Waals surface area contributed by atoms with Crippen LogP contribution in [0.4, 0.5) is 11.4 Å². The minimum Gasteiger partial charge on any atom is -0.595 e. The highest BCUT2D eigenvalue weighted by molar-refractivity contribution is 9.10. The molecule has 3 aromatic carbocycles. The van der Waals surface area contributed by atoms with Crippen LogP contribution >= 0.6 is 15.9 Å². The maximum absolute atomic E-state index is 11.0. The second-order valence-corrected chi connectivity index (χ2v) is 6.24. The topological polar surface area (TPSA) is 72.1 Å². The molecule has 25 heavy (non-hydrogen) atoms. The Morgan fingerprint density at radius 1 is 0.880 bits per heavy atom. The van der Waals surface area contributed by atoms with E-state index in [-0.39, 0.29) is 5.69 Å². The van der Waals surface area contributed by atoms with Crippen molar-refractivity contribution in [2.75, 3.05) is 5.43 Å². The molecule has 0 aromatic heterocycles. The first-order valence-corrected chi connectivity index (χ1v) is 8.41. The summed E-state index contributed by atoms with van der Waals surface area (Å²) in [5, 5.41) is 23.7. The number of benzene rings is 3. The summed E-state index contributed by atoms with van der Waals surface area (Å²) in [4.78, 5) is 0. The first kappa shape index (κ1) is 17.3. The lowest BCUT2D eigenvalue weighted by Crippen LogP contribution is -2.99. The van der Waals surface area contributed by atoms with E-state index in [0.717, 1.165) is 27.0 Å². The number of hydrazone groups is 1. The molecule has 1 unspecified atom stereocenters. The minimum atomic E-state index is -0.947. The van der Waals surface area contributed by atoms with Crippen LogP contribution in [0.5, 0.6) is 0 Å². The Morgan fingerprint density at radius 2 is 1.48 bits per heavy atom. The van der Waals surface area contributed by atoms with E-state index in [1.54, 1.807) is 24.3 Å². The lowest BCUT2D eigenvalue weighted by Gasteiger charge is -2.13. The summed E-state index contributed by atoms with van der Waals surface area (Å²) >= 11 is 3.41. The molecule has 0 saturated heterocycles. The SMILES string of the molecule is [O-][NH+](O)c1ccc(C(=NNc2ccc(Br)cc2)c2ccccc2)cc1. The van der Waals surface area contributed by atoms with Crippen LogP contribution < -0.4 is 10.7 Å². The minimum absolute atomic E-state index is 0.247. The summed E-state index contributed by atoms with van der Waals surface area (Å²) < 4.78 is 0.995. The fourth-order valence-corrected chi connectivity index (χ4v) is 2.57. The van der Waals surface area contributed by atoms with Crippen molar-refractivity contribution in [3.05, 3.63) is 99.7 Å². The summed E-state index contributed by atoms with van der Waals surface area (Å²) in [6.07, 6.45) is 0. The molecule has 0 saturated carbocycles. The zero-order valence-electron chi connectivity index (χ0n) is 13.2. The lowest BCUT2D eigenvalue weighted by atomic mass is 10.0. The van der Waals surface area contributed by atoms with Gasteiger partial charge in [-0.15, -0.1) is 0 Å². The summed E-state index contributed by atoms with van der Waals surface area (Å²) in [5.74, 6) is 0. The van der Waals surface area contributed by atoms with E-state index < -0.39 is 5.23 Å². The third kappa shape index (κ3) is 4.52. The average Bonchev–Trinajstić information content (AvgIpc) is 2.65. The van der Waals surface area contributed by atoms with E-state index in [1.807, 2.05) is 54.6 Å². The van der Waals surface area contributed by atoms with E-state index in [1.165, 1.54) is 0 Å². The average molecular weight is 398 g/mol. The number of quaternary nitrogens is 1. The Kier molecular flexibility index (Phi) is 5.57. The normalized spacial score (nSPS) is 12.7. The van der Waals surface area contributed by atoms with Gasteiger partial charge in [0.05, 0.1) is 11.4 Å². The van der Waals surface area contributed by atoms with Crippen molar-refractivity contribution >= 4 is 33.0 Å². The first-order chi connectivity index (χ1) is 12.1. The van der Waals surface area contributed by atoms with Gasteiger partial charge in [0, 0.05) is 27.7 Å². The molecule has 3 aromatic rings. The maximum Gasteiger partial charge on any atom is 0.163 e. The highest BCUT2D eigenvalue weighted by Crippen LogP contribution is 2.16. The van der Waals surface area contributed by atoms with Crippen molar-refractivity contribution in [1.29, 1.82) is 0 Å². The van der Waals surface area contributed by atoms with E-state index in [4.69, 9.17) is 5.21 Å². The molecule has 3 rings (SSSR count). The Morgan fingerprint density at radius 3 is 2.08 bits per heavy atom. The molecule has 0 bridgehead atoms. The molecule has 0 amide bonds. The van der Waals surface area contributed by atoms with E-state index in [9.17, 15) is 5.21 Å². The van der Waals surface area contributed by atoms with Gasteiger partial charge in [0.2, 0.25) is 0 Å². The molecule has 5 nitrogen and oxygen atoms in total. The molecule has 1 atom stereocenters. The van der Waals surface area contributed by atoms with Crippen LogP contribution in [0.15, 0.2) is 88.4 Å². The van der Waals surface area contributed by atoms with Crippen molar-refractivity contribution in [2.45, 2.75) is 0 Å². The van der Waals surface area contributed by atoms with Crippen LogP contribution in [0, 0.1) is 5.21 Å². The van der Waals surface area contributed by atoms with Gasteiger partial charge in [0.15, 0.2) is 5.69 Å². The zero-order chi connectivity index (χ0) is 17.6. The van der Waals surface area contributed by atoms with Crippen LogP contribution in [-0.2, 0) is 0 Å². The van der Waals surface area contributed by atoms with E-state index in [2.05, 4.69) is 26.5 Å². The second kappa shape index (κ2) is 8.04. The zero-order valence-corrected chi connectivity index (χ0v) is 14.8. The standard InChI is InChI=1S/C19H16BrN3O2/c20-16-8-10-17(11-9-16)21-22-19(14-4-2-1-3-5-14)15-6-12-18(13-7-15)23(24)25/h1-13,21,23-24H. The van der Waals surface area contributed by atoms with Gasteiger partial charge < -0.3 is 5.21 Å². The van der Waals surface area contributed by atoms with Gasteiger partial charge in [-0.1, -0.05) is 46.3 Å². The number of nitrogens with zero attached hydrogens (tertiary/aromatic N) is 1. The quantitative estimate of drug-likeness (QED) is 0.453. The van der Waals surface area contributed by atoms with Crippen molar-refractivity contribution in [1.82, 2.24) is 0 Å². The van der Waals surface area contributed by atoms with Gasteiger partial charge in [-0.25, -0.2) is 5.21 Å². The summed E-state index contributed by atoms with van der Waals surface area (Å²) in [7, 11) is 0. The van der Waals surface area contributed by atoms with Crippen LogP contribution in [0.2, 0.25) is 0 Å². The molecule has 0 radical (unpaired) electrons. The molecule has 0 fully saturated rings. The number of hydrogen-bond donors (Lipinski definition) is 3. The summed E-state index contributed by atoms with van der Waals surface area (Å²) in [6, 6.07) is 24.1. The van der Waals surface area contributed by atoms with Gasteiger partial charge in [0.25, 0.3) is 0 Å². The van der Waals surface area contributed by atoms with Crippen LogP contribution in [0.25, 0.3) is 0 Å². The van der Waals surface area contributed by atoms with Crippen molar-refractivity contribution in [2.24, 2.45) is 5.10 Å². The number of anilines is 1. The molecular formula is C19H16BrN3O2. The van der Waals surface area contributed by atoms with Crippen LogP contribution in [0.1, 0.15) is 11.1 Å². The largest absolute Gasteiger partial charge is 0.595 e. The summed E-state index contributed by atoms with van der Waals surface area (Å²) in [6.45, 7) is 0. The monoisotopic (exact) mass is 397 g/mol. The van der Waals surface area contributed by atoms with E-state index >= 15 is 0 Å². The highest BCUT2D eigenvalue weighted by atomic mass is 79.9. The highest BCUT2D eigenvalue weighted by Gasteiger charge is 2.09. The molecular weight excluding hydrogens is 382 g/mol. The first-order valence-electron chi connectivity index (χ1n) is 7.62. The van der Waals surface area contributed by atoms with Gasteiger partial charge in [-0.3, -0.25) is 5.43 Å². The maximum atomic E-state index is 11.0. The smallest absolute Gasteiger partial charge is 0.163 e. The van der Waals surface area contributed by atoms with Crippen molar-refractivity contribution < 1.29 is 10.4 Å². The number of halogens is 1. The predicted molar refractivity (Wildman–Crippen MR) is 102 cm³/mol. The van der Waals surface area contributed by atoms with Gasteiger partial charge in [-0.05, 0) is 36.4 Å². The molecule has 0 aliphatic rings. The van der Waals surface area contributed by atoms with Gasteiger partial charge in [0.1, 0.15) is 0 Å². The van der Waals surface area contributed by atoms with Crippen molar-refractivity contribution in [3.8, 4) is 0 Å². The van der Waals surface area contributed by atoms with Gasteiger partial charge in [-0.2, -0.15) is 10.3 Å². The fraction of sp³-hybridized carbons (Fsp3) is 0. The number of hydrogen-bond acceptors (Lipinski definition) is 4. The predicted octanol–water partition coefficient (Wildman–Crippen LogP) is 3.72. The van der Waals surface area contributed by atoms with E-state index in [0.29, 0.717) is 0 Å². The molecule has 0 aliphatic heterocycles. The third-order valence-corrected chi connectivity index (χ3v) is 4.12. The molecule has 0 aliphatic carbocycles. The molecule has 0 spiro atoms. The van der Waals surface area contributed by atoms with Crippen molar-refractivity contribution in [3.63, 3.8) is 0 Å².